The van der Waals surface area contributed by atoms with Gasteiger partial charge in [0.25, 0.3) is 0 Å². The smallest absolute Gasteiger partial charge is 0.160 e. The number of rotatable bonds is 5. The first kappa shape index (κ1) is 23.2. The van der Waals surface area contributed by atoms with E-state index >= 15 is 0 Å². The Bertz CT molecular complexity index is 1840. The van der Waals surface area contributed by atoms with Crippen LogP contribution in [0.25, 0.3) is 65.8 Å². The van der Waals surface area contributed by atoms with Gasteiger partial charge < -0.3 is 0 Å². The van der Waals surface area contributed by atoms with E-state index in [1.54, 1.807) is 11.3 Å². The van der Waals surface area contributed by atoms with Crippen molar-refractivity contribution in [3.05, 3.63) is 140 Å². The fourth-order valence-corrected chi connectivity index (χ4v) is 5.96. The third-order valence-electron chi connectivity index (χ3n) is 6.76. The minimum Gasteiger partial charge on any atom is -0.236 e. The average Bonchev–Trinajstić information content (AvgIpc) is 3.47. The molecule has 7 aromatic rings. The van der Waals surface area contributed by atoms with Gasteiger partial charge in [-0.2, -0.15) is 0 Å². The number of aromatic nitrogens is 3. The van der Waals surface area contributed by atoms with E-state index in [0.29, 0.717) is 5.82 Å². The van der Waals surface area contributed by atoms with Gasteiger partial charge in [0, 0.05) is 27.8 Å². The highest BCUT2D eigenvalue weighted by Gasteiger charge is 2.17. The Hall–Kier alpha value is -4.93. The van der Waals surface area contributed by atoms with Crippen LogP contribution in [0, 0.1) is 0 Å². The summed E-state index contributed by atoms with van der Waals surface area (Å²) in [7, 11) is 0. The van der Waals surface area contributed by atoms with Crippen LogP contribution in [0.1, 0.15) is 0 Å². The van der Waals surface area contributed by atoms with Gasteiger partial charge in [-0.25, -0.2) is 15.0 Å². The van der Waals surface area contributed by atoms with Gasteiger partial charge in [-0.3, -0.25) is 0 Å². The SMILES string of the molecule is c1ccc(-c2cc(-c3ccccc3-c3cccc4nc(-c5ccccc5)sc34)nc(-c3ccccc3)n2)cc1. The van der Waals surface area contributed by atoms with Crippen LogP contribution < -0.4 is 0 Å². The summed E-state index contributed by atoms with van der Waals surface area (Å²) in [5.41, 5.74) is 9.33. The molecular formula is C35H23N3S. The van der Waals surface area contributed by atoms with Crippen LogP contribution in [0.15, 0.2) is 140 Å². The molecule has 0 spiro atoms. The number of hydrogen-bond donors (Lipinski definition) is 0. The Kier molecular flexibility index (Phi) is 6.00. The molecule has 0 saturated carbocycles. The van der Waals surface area contributed by atoms with Gasteiger partial charge in [-0.15, -0.1) is 11.3 Å². The molecule has 39 heavy (non-hydrogen) atoms. The summed E-state index contributed by atoms with van der Waals surface area (Å²) in [5.74, 6) is 0.712. The summed E-state index contributed by atoms with van der Waals surface area (Å²) < 4.78 is 1.17. The van der Waals surface area contributed by atoms with Gasteiger partial charge in [0.15, 0.2) is 5.82 Å². The lowest BCUT2D eigenvalue weighted by atomic mass is 9.96. The van der Waals surface area contributed by atoms with Crippen molar-refractivity contribution in [2.75, 3.05) is 0 Å². The molecule has 0 aliphatic heterocycles. The predicted molar refractivity (Wildman–Crippen MR) is 162 cm³/mol. The van der Waals surface area contributed by atoms with Crippen LogP contribution in [0.5, 0.6) is 0 Å². The highest BCUT2D eigenvalue weighted by atomic mass is 32.1. The molecule has 0 aliphatic rings. The monoisotopic (exact) mass is 517 g/mol. The topological polar surface area (TPSA) is 38.7 Å². The standard InChI is InChI=1S/C35H23N3S/c1-4-13-24(14-5-1)31-23-32(37-34(36-31)25-15-6-2-7-16-25)28-20-11-10-19-27(28)29-21-12-22-30-33(29)39-35(38-30)26-17-8-3-9-18-26/h1-23H. The Morgan fingerprint density at radius 3 is 1.69 bits per heavy atom. The average molecular weight is 518 g/mol. The van der Waals surface area contributed by atoms with Crippen molar-refractivity contribution < 1.29 is 0 Å². The first-order valence-corrected chi connectivity index (χ1v) is 13.7. The van der Waals surface area contributed by atoms with Gasteiger partial charge in [0.2, 0.25) is 0 Å². The number of nitrogens with zero attached hydrogens (tertiary/aromatic N) is 3. The maximum absolute atomic E-state index is 5.10. The Morgan fingerprint density at radius 2 is 0.974 bits per heavy atom. The van der Waals surface area contributed by atoms with E-state index in [9.17, 15) is 0 Å². The molecule has 0 fully saturated rings. The van der Waals surface area contributed by atoms with E-state index in [0.717, 1.165) is 55.3 Å². The van der Waals surface area contributed by atoms with Crippen molar-refractivity contribution in [2.24, 2.45) is 0 Å². The van der Waals surface area contributed by atoms with E-state index < -0.39 is 0 Å². The number of benzene rings is 5. The lowest BCUT2D eigenvalue weighted by molar-refractivity contribution is 1.18. The van der Waals surface area contributed by atoms with Gasteiger partial charge in [-0.1, -0.05) is 127 Å². The zero-order valence-corrected chi connectivity index (χ0v) is 21.8. The third kappa shape index (κ3) is 4.52. The summed E-state index contributed by atoms with van der Waals surface area (Å²) in [5, 5.41) is 1.02. The van der Waals surface area contributed by atoms with Gasteiger partial charge >= 0.3 is 0 Å². The zero-order chi connectivity index (χ0) is 26.0. The summed E-state index contributed by atoms with van der Waals surface area (Å²) in [6.07, 6.45) is 0. The van der Waals surface area contributed by atoms with Gasteiger partial charge in [0.05, 0.1) is 21.6 Å². The number of fused-ring (bicyclic) bond motifs is 1. The van der Waals surface area contributed by atoms with Crippen molar-refractivity contribution >= 4 is 21.6 Å². The molecule has 5 aromatic carbocycles. The molecule has 2 heterocycles. The molecule has 0 N–H and O–H groups in total. The molecule has 7 rings (SSSR count). The third-order valence-corrected chi connectivity index (χ3v) is 7.91. The Balaban J connectivity index is 1.43. The second-order valence-electron chi connectivity index (χ2n) is 9.28. The van der Waals surface area contributed by atoms with E-state index in [1.807, 2.05) is 42.5 Å². The molecule has 0 amide bonds. The summed E-state index contributed by atoms with van der Waals surface area (Å²) in [6, 6.07) is 47.8. The van der Waals surface area contributed by atoms with E-state index in [-0.39, 0.29) is 0 Å². The normalized spacial score (nSPS) is 11.1. The molecule has 0 bridgehead atoms. The fraction of sp³-hybridized carbons (Fsp3) is 0. The van der Waals surface area contributed by atoms with E-state index in [1.165, 1.54) is 4.70 Å². The van der Waals surface area contributed by atoms with Crippen LogP contribution >= 0.6 is 11.3 Å². The van der Waals surface area contributed by atoms with Crippen molar-refractivity contribution in [3.63, 3.8) is 0 Å². The quantitative estimate of drug-likeness (QED) is 0.228. The molecule has 0 saturated heterocycles. The molecule has 0 aliphatic carbocycles. The molecule has 184 valence electrons. The van der Waals surface area contributed by atoms with Crippen LogP contribution in [0.2, 0.25) is 0 Å². The molecule has 0 radical (unpaired) electrons. The molecule has 0 atom stereocenters. The number of thiazole rings is 1. The number of hydrogen-bond acceptors (Lipinski definition) is 4. The Morgan fingerprint density at radius 1 is 0.410 bits per heavy atom. The van der Waals surface area contributed by atoms with E-state index in [2.05, 4.69) is 97.1 Å². The lowest BCUT2D eigenvalue weighted by Crippen LogP contribution is -1.97. The van der Waals surface area contributed by atoms with E-state index in [4.69, 9.17) is 15.0 Å². The lowest BCUT2D eigenvalue weighted by Gasteiger charge is -2.13. The maximum Gasteiger partial charge on any atom is 0.160 e. The molecule has 3 nitrogen and oxygen atoms in total. The van der Waals surface area contributed by atoms with Crippen LogP contribution in [-0.2, 0) is 0 Å². The summed E-state index contributed by atoms with van der Waals surface area (Å²) >= 11 is 1.73. The second kappa shape index (κ2) is 10.1. The molecule has 0 unspecified atom stereocenters. The van der Waals surface area contributed by atoms with Crippen molar-refractivity contribution in [1.82, 2.24) is 15.0 Å². The largest absolute Gasteiger partial charge is 0.236 e. The van der Waals surface area contributed by atoms with Gasteiger partial charge in [-0.05, 0) is 17.7 Å². The highest BCUT2D eigenvalue weighted by molar-refractivity contribution is 7.22. The predicted octanol–water partition coefficient (Wildman–Crippen LogP) is 9.42. The zero-order valence-electron chi connectivity index (χ0n) is 21.0. The van der Waals surface area contributed by atoms with Crippen LogP contribution in [0.4, 0.5) is 0 Å². The van der Waals surface area contributed by atoms with Crippen molar-refractivity contribution in [1.29, 1.82) is 0 Å². The summed E-state index contributed by atoms with van der Waals surface area (Å²) in [4.78, 5) is 15.0. The maximum atomic E-state index is 5.10. The molecular weight excluding hydrogens is 494 g/mol. The molecule has 2 aromatic heterocycles. The molecule has 4 heteroatoms. The van der Waals surface area contributed by atoms with Crippen LogP contribution in [-0.4, -0.2) is 15.0 Å². The van der Waals surface area contributed by atoms with Gasteiger partial charge in [0.1, 0.15) is 5.01 Å². The fourth-order valence-electron chi connectivity index (χ4n) is 4.87. The van der Waals surface area contributed by atoms with Crippen molar-refractivity contribution in [3.8, 4) is 55.6 Å². The second-order valence-corrected chi connectivity index (χ2v) is 10.3. The summed E-state index contributed by atoms with van der Waals surface area (Å²) in [6.45, 7) is 0. The first-order valence-electron chi connectivity index (χ1n) is 12.9. The Labute approximate surface area is 231 Å². The highest BCUT2D eigenvalue weighted by Crippen LogP contribution is 2.41. The minimum absolute atomic E-state index is 0.712. The first-order chi connectivity index (χ1) is 19.3. The van der Waals surface area contributed by atoms with Crippen molar-refractivity contribution in [2.45, 2.75) is 0 Å². The van der Waals surface area contributed by atoms with Crippen LogP contribution in [0.3, 0.4) is 0 Å². The minimum atomic E-state index is 0.712.